The molecular formula is C24H23N3O5S. The van der Waals surface area contributed by atoms with Crippen molar-refractivity contribution < 1.29 is 23.7 Å². The molecule has 8 nitrogen and oxygen atoms in total. The van der Waals surface area contributed by atoms with Crippen LogP contribution in [0.2, 0.25) is 0 Å². The lowest BCUT2D eigenvalue weighted by Crippen LogP contribution is -2.07. The normalized spacial score (nSPS) is 10.8. The summed E-state index contributed by atoms with van der Waals surface area (Å²) >= 11 is 1.35. The van der Waals surface area contributed by atoms with Gasteiger partial charge in [0.05, 0.1) is 44.9 Å². The summed E-state index contributed by atoms with van der Waals surface area (Å²) in [5.41, 5.74) is 2.61. The molecule has 1 heterocycles. The van der Waals surface area contributed by atoms with Crippen LogP contribution in [0.15, 0.2) is 48.0 Å². The molecule has 1 N–H and O–H groups in total. The van der Waals surface area contributed by atoms with Crippen molar-refractivity contribution in [1.82, 2.24) is 4.98 Å². The number of carbonyl (C=O) groups excluding carboxylic acids is 1. The van der Waals surface area contributed by atoms with Gasteiger partial charge in [0, 0.05) is 29.3 Å². The lowest BCUT2D eigenvalue weighted by atomic mass is 10.1. The highest BCUT2D eigenvalue weighted by Crippen LogP contribution is 2.34. The number of hydrogen-bond donors (Lipinski definition) is 1. The third kappa shape index (κ3) is 5.42. The minimum atomic E-state index is -0.558. The third-order valence-corrected chi connectivity index (χ3v) is 5.49. The average molecular weight is 466 g/mol. The van der Waals surface area contributed by atoms with E-state index in [1.54, 1.807) is 6.07 Å². The summed E-state index contributed by atoms with van der Waals surface area (Å²) < 4.78 is 20.9. The molecule has 0 amide bonds. The van der Waals surface area contributed by atoms with Crippen molar-refractivity contribution in [1.29, 1.82) is 5.26 Å². The van der Waals surface area contributed by atoms with Crippen LogP contribution in [-0.4, -0.2) is 38.9 Å². The van der Waals surface area contributed by atoms with E-state index in [1.165, 1.54) is 44.9 Å². The smallest absolute Gasteiger partial charge is 0.340 e. The van der Waals surface area contributed by atoms with Crippen molar-refractivity contribution >= 4 is 28.6 Å². The van der Waals surface area contributed by atoms with Gasteiger partial charge in [-0.2, -0.15) is 5.26 Å². The molecule has 170 valence electrons. The van der Waals surface area contributed by atoms with Gasteiger partial charge < -0.3 is 24.3 Å². The first-order valence-electron chi connectivity index (χ1n) is 9.94. The van der Waals surface area contributed by atoms with E-state index in [0.717, 1.165) is 17.0 Å². The van der Waals surface area contributed by atoms with Gasteiger partial charge in [-0.3, -0.25) is 0 Å². The number of benzene rings is 2. The zero-order valence-electron chi connectivity index (χ0n) is 18.7. The van der Waals surface area contributed by atoms with Gasteiger partial charge in [0.15, 0.2) is 11.5 Å². The highest BCUT2D eigenvalue weighted by Gasteiger charge is 2.18. The Kier molecular flexibility index (Phi) is 7.89. The number of thiazole rings is 1. The number of hydrogen-bond acceptors (Lipinski definition) is 9. The maximum absolute atomic E-state index is 12.2. The van der Waals surface area contributed by atoms with Crippen LogP contribution in [-0.2, 0) is 4.74 Å². The minimum absolute atomic E-state index is 0.234. The molecular weight excluding hydrogens is 442 g/mol. The Morgan fingerprint density at radius 1 is 1.15 bits per heavy atom. The van der Waals surface area contributed by atoms with Crippen molar-refractivity contribution in [3.63, 3.8) is 0 Å². The number of nitriles is 1. The predicted molar refractivity (Wildman–Crippen MR) is 127 cm³/mol. The number of rotatable bonds is 9. The average Bonchev–Trinajstić information content (AvgIpc) is 3.34. The second-order valence-electron chi connectivity index (χ2n) is 6.55. The molecule has 1 aromatic heterocycles. The first kappa shape index (κ1) is 23.6. The van der Waals surface area contributed by atoms with Crippen molar-refractivity contribution in [3.05, 3.63) is 58.5 Å². The van der Waals surface area contributed by atoms with Crippen LogP contribution in [0.25, 0.3) is 16.8 Å². The zero-order valence-corrected chi connectivity index (χ0v) is 19.5. The number of carbonyl (C=O) groups is 1. The number of nitrogens with zero attached hydrogens (tertiary/aromatic N) is 2. The van der Waals surface area contributed by atoms with E-state index in [9.17, 15) is 10.1 Å². The van der Waals surface area contributed by atoms with Crippen LogP contribution in [0.5, 0.6) is 17.2 Å². The number of allylic oxidation sites excluding steroid dienone is 1. The minimum Gasteiger partial charge on any atom is -0.494 e. The van der Waals surface area contributed by atoms with E-state index in [0.29, 0.717) is 34.4 Å². The predicted octanol–water partition coefficient (Wildman–Crippen LogP) is 4.99. The number of esters is 1. The van der Waals surface area contributed by atoms with Gasteiger partial charge in [-0.25, -0.2) is 9.78 Å². The first-order chi connectivity index (χ1) is 16.0. The van der Waals surface area contributed by atoms with Crippen molar-refractivity contribution in [3.8, 4) is 34.6 Å². The van der Waals surface area contributed by atoms with Gasteiger partial charge in [-0.1, -0.05) is 0 Å². The van der Waals surface area contributed by atoms with Gasteiger partial charge in [0.2, 0.25) is 0 Å². The van der Waals surface area contributed by atoms with Gasteiger partial charge in [0.25, 0.3) is 0 Å². The van der Waals surface area contributed by atoms with Crippen molar-refractivity contribution in [2.24, 2.45) is 0 Å². The number of methoxy groups -OCH3 is 3. The number of aromatic nitrogens is 1. The highest BCUT2D eigenvalue weighted by atomic mass is 32.1. The Morgan fingerprint density at radius 2 is 1.85 bits per heavy atom. The van der Waals surface area contributed by atoms with E-state index < -0.39 is 5.97 Å². The maximum Gasteiger partial charge on any atom is 0.340 e. The molecule has 0 atom stereocenters. The first-order valence-corrected chi connectivity index (χ1v) is 10.8. The summed E-state index contributed by atoms with van der Waals surface area (Å²) in [4.78, 5) is 16.8. The maximum atomic E-state index is 12.2. The second kappa shape index (κ2) is 11.0. The van der Waals surface area contributed by atoms with E-state index in [2.05, 4.69) is 16.4 Å². The third-order valence-electron chi connectivity index (χ3n) is 4.62. The molecule has 0 bridgehead atoms. The molecule has 33 heavy (non-hydrogen) atoms. The van der Waals surface area contributed by atoms with Gasteiger partial charge >= 0.3 is 5.97 Å². The van der Waals surface area contributed by atoms with Crippen LogP contribution in [0.3, 0.4) is 0 Å². The number of nitrogens with one attached hydrogen (secondary N) is 1. The van der Waals surface area contributed by atoms with Crippen molar-refractivity contribution in [2.45, 2.75) is 6.92 Å². The standard InChI is InChI=1S/C24H23N3O5S/c1-5-32-17-8-6-15(7-9-17)20-14-33-23(27-20)16(12-25)13-26-19-11-22(30-3)21(29-2)10-18(19)24(28)31-4/h6-11,13-14,26H,5H2,1-4H3. The second-order valence-corrected chi connectivity index (χ2v) is 7.41. The fourth-order valence-corrected chi connectivity index (χ4v) is 3.78. The molecule has 0 aliphatic rings. The molecule has 0 aliphatic carbocycles. The Labute approximate surface area is 196 Å². The molecule has 0 saturated heterocycles. The van der Waals surface area contributed by atoms with E-state index in [4.69, 9.17) is 18.9 Å². The topological polar surface area (TPSA) is 103 Å². The molecule has 0 saturated carbocycles. The van der Waals surface area contributed by atoms with E-state index in [1.807, 2.05) is 36.6 Å². The SMILES string of the molecule is CCOc1ccc(-c2csc(C(C#N)=CNc3cc(OC)c(OC)cc3C(=O)OC)n2)cc1. The Morgan fingerprint density at radius 3 is 2.45 bits per heavy atom. The highest BCUT2D eigenvalue weighted by molar-refractivity contribution is 7.11. The Hall–Kier alpha value is -4.03. The quantitative estimate of drug-likeness (QED) is 0.348. The van der Waals surface area contributed by atoms with Gasteiger partial charge in [-0.05, 0) is 31.2 Å². The summed E-state index contributed by atoms with van der Waals surface area (Å²) in [7, 11) is 4.26. The van der Waals surface area contributed by atoms with Crippen LogP contribution in [0.1, 0.15) is 22.3 Å². The van der Waals surface area contributed by atoms with Crippen LogP contribution in [0, 0.1) is 11.3 Å². The summed E-state index contributed by atoms with van der Waals surface area (Å²) in [6.07, 6.45) is 1.49. The molecule has 9 heteroatoms. The van der Waals surface area contributed by atoms with E-state index >= 15 is 0 Å². The van der Waals surface area contributed by atoms with E-state index in [-0.39, 0.29) is 5.56 Å². The lowest BCUT2D eigenvalue weighted by Gasteiger charge is -2.13. The Bertz CT molecular complexity index is 1200. The van der Waals surface area contributed by atoms with Crippen molar-refractivity contribution in [2.75, 3.05) is 33.3 Å². The molecule has 0 spiro atoms. The fraction of sp³-hybridized carbons (Fsp3) is 0.208. The number of anilines is 1. The molecule has 0 fully saturated rings. The monoisotopic (exact) mass is 465 g/mol. The van der Waals surface area contributed by atoms with Gasteiger partial charge in [-0.15, -0.1) is 11.3 Å². The molecule has 0 unspecified atom stereocenters. The fourth-order valence-electron chi connectivity index (χ4n) is 2.99. The molecule has 0 aliphatic heterocycles. The molecule has 3 rings (SSSR count). The van der Waals surface area contributed by atoms with Gasteiger partial charge in [0.1, 0.15) is 22.4 Å². The molecule has 3 aromatic rings. The summed E-state index contributed by atoms with van der Waals surface area (Å²) in [5, 5.41) is 15.1. The van der Waals surface area contributed by atoms with Crippen LogP contribution < -0.4 is 19.5 Å². The molecule has 2 aromatic carbocycles. The largest absolute Gasteiger partial charge is 0.494 e. The van der Waals surface area contributed by atoms with Crippen LogP contribution >= 0.6 is 11.3 Å². The molecule has 0 radical (unpaired) electrons. The zero-order chi connectivity index (χ0) is 23.8. The summed E-state index contributed by atoms with van der Waals surface area (Å²) in [6.45, 7) is 2.53. The summed E-state index contributed by atoms with van der Waals surface area (Å²) in [6, 6.07) is 12.9. The summed E-state index contributed by atoms with van der Waals surface area (Å²) in [5.74, 6) is 1.03. The van der Waals surface area contributed by atoms with Crippen LogP contribution in [0.4, 0.5) is 5.69 Å². The number of ether oxygens (including phenoxy) is 4. The Balaban J connectivity index is 1.89. The lowest BCUT2D eigenvalue weighted by molar-refractivity contribution is 0.0601.